The average Bonchev–Trinajstić information content (AvgIpc) is 2.36. The number of hydrogen-bond donors (Lipinski definition) is 1. The monoisotopic (exact) mass is 235 g/mol. The number of esters is 1. The van der Waals surface area contributed by atoms with Crippen molar-refractivity contribution in [3.63, 3.8) is 0 Å². The predicted octanol–water partition coefficient (Wildman–Crippen LogP) is 0.485. The van der Waals surface area contributed by atoms with Crippen molar-refractivity contribution in [3.05, 3.63) is 30.1 Å². The van der Waals surface area contributed by atoms with E-state index in [2.05, 4.69) is 20.2 Å². The van der Waals surface area contributed by atoms with Gasteiger partial charge in [0.2, 0.25) is 0 Å². The third-order valence-corrected chi connectivity index (χ3v) is 1.98. The van der Waals surface area contributed by atoms with Gasteiger partial charge < -0.3 is 4.74 Å². The van der Waals surface area contributed by atoms with Gasteiger partial charge in [0.1, 0.15) is 6.42 Å². The van der Waals surface area contributed by atoms with Crippen molar-refractivity contribution in [1.82, 2.24) is 10.4 Å². The molecule has 0 bridgehead atoms. The molecule has 90 valence electrons. The molecule has 1 heterocycles. The highest BCUT2D eigenvalue weighted by molar-refractivity contribution is 6.00. The Morgan fingerprint density at radius 1 is 1.41 bits per heavy atom. The number of pyridine rings is 1. The molecule has 0 aliphatic carbocycles. The third kappa shape index (κ3) is 4.42. The van der Waals surface area contributed by atoms with Crippen molar-refractivity contribution in [2.75, 3.05) is 7.11 Å². The van der Waals surface area contributed by atoms with Crippen LogP contribution in [0, 0.1) is 0 Å². The predicted molar refractivity (Wildman–Crippen MR) is 61.2 cm³/mol. The standard InChI is InChI=1S/C11H13N3O3/c1-8(9-3-5-12-6-4-9)13-14-10(15)7-11(16)17-2/h3-6H,7H2,1-2H3,(H,14,15). The first kappa shape index (κ1) is 12.8. The number of carbonyl (C=O) groups excluding carboxylic acids is 2. The topological polar surface area (TPSA) is 80.7 Å². The zero-order chi connectivity index (χ0) is 12.7. The summed E-state index contributed by atoms with van der Waals surface area (Å²) in [4.78, 5) is 25.9. The van der Waals surface area contributed by atoms with Crippen molar-refractivity contribution in [2.24, 2.45) is 5.10 Å². The summed E-state index contributed by atoms with van der Waals surface area (Å²) in [7, 11) is 1.22. The van der Waals surface area contributed by atoms with Gasteiger partial charge >= 0.3 is 5.97 Å². The van der Waals surface area contributed by atoms with Crippen LogP contribution in [0.25, 0.3) is 0 Å². The zero-order valence-electron chi connectivity index (χ0n) is 9.64. The molecular formula is C11H13N3O3. The van der Waals surface area contributed by atoms with Gasteiger partial charge in [-0.3, -0.25) is 14.6 Å². The molecule has 0 radical (unpaired) electrons. The lowest BCUT2D eigenvalue weighted by molar-refractivity contribution is -0.143. The van der Waals surface area contributed by atoms with E-state index in [9.17, 15) is 9.59 Å². The second-order valence-electron chi connectivity index (χ2n) is 3.22. The van der Waals surface area contributed by atoms with Crippen molar-refractivity contribution >= 4 is 17.6 Å². The molecule has 6 nitrogen and oxygen atoms in total. The molecule has 0 unspecified atom stereocenters. The van der Waals surface area contributed by atoms with E-state index in [1.807, 2.05) is 0 Å². The molecule has 0 fully saturated rings. The minimum absolute atomic E-state index is 0.344. The van der Waals surface area contributed by atoms with E-state index in [-0.39, 0.29) is 6.42 Å². The fourth-order valence-electron chi connectivity index (χ4n) is 1.05. The van der Waals surface area contributed by atoms with Gasteiger partial charge in [-0.1, -0.05) is 0 Å². The summed E-state index contributed by atoms with van der Waals surface area (Å²) < 4.78 is 4.36. The maximum atomic E-state index is 11.2. The number of rotatable bonds is 4. The minimum Gasteiger partial charge on any atom is -0.469 e. The highest BCUT2D eigenvalue weighted by Crippen LogP contribution is 1.98. The Hall–Kier alpha value is -2.24. The second kappa shape index (κ2) is 6.37. The Balaban J connectivity index is 2.54. The smallest absolute Gasteiger partial charge is 0.315 e. The SMILES string of the molecule is COC(=O)CC(=O)NN=C(C)c1ccncc1. The summed E-state index contributed by atoms with van der Waals surface area (Å²) in [5, 5.41) is 3.86. The van der Waals surface area contributed by atoms with Crippen molar-refractivity contribution < 1.29 is 14.3 Å². The van der Waals surface area contributed by atoms with Crippen molar-refractivity contribution in [1.29, 1.82) is 0 Å². The molecule has 0 saturated carbocycles. The van der Waals surface area contributed by atoms with Gasteiger partial charge in [0, 0.05) is 18.0 Å². The van der Waals surface area contributed by atoms with E-state index < -0.39 is 11.9 Å². The lowest BCUT2D eigenvalue weighted by Crippen LogP contribution is -2.22. The van der Waals surface area contributed by atoms with E-state index in [0.717, 1.165) is 5.56 Å². The van der Waals surface area contributed by atoms with Gasteiger partial charge in [0.25, 0.3) is 5.91 Å². The highest BCUT2D eigenvalue weighted by Gasteiger charge is 2.08. The fourth-order valence-corrected chi connectivity index (χ4v) is 1.05. The van der Waals surface area contributed by atoms with E-state index >= 15 is 0 Å². The first-order valence-electron chi connectivity index (χ1n) is 4.94. The van der Waals surface area contributed by atoms with Crippen LogP contribution in [-0.2, 0) is 14.3 Å². The van der Waals surface area contributed by atoms with Gasteiger partial charge in [0.15, 0.2) is 0 Å². The van der Waals surface area contributed by atoms with Gasteiger partial charge in [-0.2, -0.15) is 5.10 Å². The Labute approximate surface area is 98.7 Å². The zero-order valence-corrected chi connectivity index (χ0v) is 9.64. The second-order valence-corrected chi connectivity index (χ2v) is 3.22. The lowest BCUT2D eigenvalue weighted by atomic mass is 10.2. The van der Waals surface area contributed by atoms with E-state index in [1.165, 1.54) is 7.11 Å². The molecule has 0 spiro atoms. The summed E-state index contributed by atoms with van der Waals surface area (Å²) in [5.41, 5.74) is 3.75. The van der Waals surface area contributed by atoms with Crippen LogP contribution in [0.3, 0.4) is 0 Å². The Bertz CT molecular complexity index is 429. The van der Waals surface area contributed by atoms with E-state index in [0.29, 0.717) is 5.71 Å². The molecule has 1 aromatic rings. The Morgan fingerprint density at radius 3 is 2.65 bits per heavy atom. The van der Waals surface area contributed by atoms with Gasteiger partial charge in [-0.15, -0.1) is 0 Å². The average molecular weight is 235 g/mol. The van der Waals surface area contributed by atoms with Crippen LogP contribution in [-0.4, -0.2) is 29.7 Å². The number of methoxy groups -OCH3 is 1. The van der Waals surface area contributed by atoms with Gasteiger partial charge in [-0.25, -0.2) is 5.43 Å². The first-order valence-corrected chi connectivity index (χ1v) is 4.94. The van der Waals surface area contributed by atoms with Crippen LogP contribution < -0.4 is 5.43 Å². The fraction of sp³-hybridized carbons (Fsp3) is 0.273. The highest BCUT2D eigenvalue weighted by atomic mass is 16.5. The molecule has 17 heavy (non-hydrogen) atoms. The Morgan fingerprint density at radius 2 is 2.06 bits per heavy atom. The molecule has 0 aliphatic heterocycles. The maximum Gasteiger partial charge on any atom is 0.315 e. The summed E-state index contributed by atoms with van der Waals surface area (Å²) in [6.07, 6.45) is 2.92. The van der Waals surface area contributed by atoms with Crippen LogP contribution in [0.5, 0.6) is 0 Å². The van der Waals surface area contributed by atoms with E-state index in [4.69, 9.17) is 0 Å². The van der Waals surface area contributed by atoms with Crippen molar-refractivity contribution in [3.8, 4) is 0 Å². The summed E-state index contributed by atoms with van der Waals surface area (Å²) in [5.74, 6) is -1.11. The van der Waals surface area contributed by atoms with E-state index in [1.54, 1.807) is 31.5 Å². The molecule has 0 aliphatic rings. The molecule has 1 rings (SSSR count). The molecule has 1 N–H and O–H groups in total. The normalized spacial score (nSPS) is 10.8. The molecule has 0 saturated heterocycles. The number of nitrogens with zero attached hydrogens (tertiary/aromatic N) is 2. The van der Waals surface area contributed by atoms with Crippen molar-refractivity contribution in [2.45, 2.75) is 13.3 Å². The van der Waals surface area contributed by atoms with Gasteiger partial charge in [0.05, 0.1) is 12.8 Å². The summed E-state index contributed by atoms with van der Waals surface area (Å²) in [6, 6.07) is 3.54. The molecule has 1 aromatic heterocycles. The summed E-state index contributed by atoms with van der Waals surface area (Å²) >= 11 is 0. The number of nitrogens with one attached hydrogen (secondary N) is 1. The summed E-state index contributed by atoms with van der Waals surface area (Å²) in [6.45, 7) is 1.74. The molecule has 1 amide bonds. The molecular weight excluding hydrogens is 222 g/mol. The number of ether oxygens (including phenoxy) is 1. The number of hydrazone groups is 1. The van der Waals surface area contributed by atoms with Crippen LogP contribution in [0.4, 0.5) is 0 Å². The molecule has 0 aromatic carbocycles. The first-order chi connectivity index (χ1) is 8.13. The lowest BCUT2D eigenvalue weighted by Gasteiger charge is -2.01. The Kier molecular flexibility index (Phi) is 4.80. The number of aromatic nitrogens is 1. The molecule has 6 heteroatoms. The number of carbonyl (C=O) groups is 2. The van der Waals surface area contributed by atoms with Crippen LogP contribution in [0.15, 0.2) is 29.6 Å². The largest absolute Gasteiger partial charge is 0.469 e. The van der Waals surface area contributed by atoms with Crippen LogP contribution >= 0.6 is 0 Å². The van der Waals surface area contributed by atoms with Gasteiger partial charge in [-0.05, 0) is 19.1 Å². The third-order valence-electron chi connectivity index (χ3n) is 1.98. The number of amides is 1. The maximum absolute atomic E-state index is 11.2. The quantitative estimate of drug-likeness (QED) is 0.356. The van der Waals surface area contributed by atoms with Crippen LogP contribution in [0.1, 0.15) is 18.9 Å². The minimum atomic E-state index is -0.598. The molecule has 0 atom stereocenters. The number of hydrogen-bond acceptors (Lipinski definition) is 5. The van der Waals surface area contributed by atoms with Crippen LogP contribution in [0.2, 0.25) is 0 Å².